The van der Waals surface area contributed by atoms with Crippen LogP contribution in [0.3, 0.4) is 0 Å². The van der Waals surface area contributed by atoms with Crippen molar-refractivity contribution in [2.45, 2.75) is 25.9 Å². The molecule has 140 valence electrons. The summed E-state index contributed by atoms with van der Waals surface area (Å²) in [5.74, 6) is 1.99. The monoisotopic (exact) mass is 367 g/mol. The summed E-state index contributed by atoms with van der Waals surface area (Å²) >= 11 is 0. The van der Waals surface area contributed by atoms with E-state index in [0.29, 0.717) is 43.4 Å². The Kier molecular flexibility index (Phi) is 4.72. The summed E-state index contributed by atoms with van der Waals surface area (Å²) in [6, 6.07) is 9.51. The molecule has 3 heterocycles. The Hall–Kier alpha value is -3.00. The second-order valence-corrected chi connectivity index (χ2v) is 6.53. The molecule has 4 rings (SSSR count). The molecule has 0 saturated carbocycles. The molecule has 1 atom stereocenters. The Morgan fingerprint density at radius 1 is 1.26 bits per heavy atom. The highest BCUT2D eigenvalue weighted by Crippen LogP contribution is 2.31. The summed E-state index contributed by atoms with van der Waals surface area (Å²) < 4.78 is 12.4. The fourth-order valence-electron chi connectivity index (χ4n) is 3.42. The van der Waals surface area contributed by atoms with Crippen LogP contribution in [0.5, 0.6) is 0 Å². The van der Waals surface area contributed by atoms with Crippen LogP contribution < -0.4 is 0 Å². The molecule has 27 heavy (non-hydrogen) atoms. The maximum Gasteiger partial charge on any atom is 0.246 e. The van der Waals surface area contributed by atoms with E-state index in [9.17, 15) is 4.79 Å². The first-order valence-electron chi connectivity index (χ1n) is 8.85. The second-order valence-electron chi connectivity index (χ2n) is 6.53. The molecule has 0 bridgehead atoms. The zero-order chi connectivity index (χ0) is 18.8. The lowest BCUT2D eigenvalue weighted by Crippen LogP contribution is -2.45. The minimum Gasteiger partial charge on any atom is -0.448 e. The van der Waals surface area contributed by atoms with Crippen molar-refractivity contribution >= 4 is 5.91 Å². The Morgan fingerprint density at radius 3 is 2.78 bits per heavy atom. The molecule has 3 aromatic rings. The summed E-state index contributed by atoms with van der Waals surface area (Å²) in [6.07, 6.45) is 1.94. The number of aromatic nitrogens is 4. The van der Waals surface area contributed by atoms with Gasteiger partial charge in [-0.3, -0.25) is 9.36 Å². The fraction of sp³-hybridized carbons (Fsp3) is 0.368. The average molecular weight is 367 g/mol. The minimum atomic E-state index is -0.436. The van der Waals surface area contributed by atoms with Crippen molar-refractivity contribution < 1.29 is 13.9 Å². The number of ether oxygens (including phenoxy) is 1. The second kappa shape index (κ2) is 7.32. The predicted molar refractivity (Wildman–Crippen MR) is 96.7 cm³/mol. The Labute approximate surface area is 156 Å². The van der Waals surface area contributed by atoms with Gasteiger partial charge in [-0.15, -0.1) is 10.2 Å². The first-order chi connectivity index (χ1) is 13.2. The molecule has 0 aliphatic carbocycles. The molecule has 1 aliphatic rings. The van der Waals surface area contributed by atoms with Gasteiger partial charge in [-0.1, -0.05) is 30.3 Å². The molecule has 0 radical (unpaired) electrons. The van der Waals surface area contributed by atoms with Gasteiger partial charge in [0.15, 0.2) is 18.0 Å². The lowest BCUT2D eigenvalue weighted by atomic mass is 10.0. The number of carbonyl (C=O) groups excluding carboxylic acids is 1. The third-order valence-corrected chi connectivity index (χ3v) is 4.80. The number of hydrogen-bond acceptors (Lipinski definition) is 6. The summed E-state index contributed by atoms with van der Waals surface area (Å²) in [4.78, 5) is 19.3. The molecule has 1 amide bonds. The van der Waals surface area contributed by atoms with Gasteiger partial charge in [-0.2, -0.15) is 0 Å². The van der Waals surface area contributed by atoms with Gasteiger partial charge in [0.05, 0.1) is 13.2 Å². The van der Waals surface area contributed by atoms with E-state index >= 15 is 0 Å². The van der Waals surface area contributed by atoms with E-state index in [1.54, 1.807) is 12.0 Å². The lowest BCUT2D eigenvalue weighted by Gasteiger charge is -2.33. The quantitative estimate of drug-likeness (QED) is 0.662. The van der Waals surface area contributed by atoms with Crippen LogP contribution in [-0.2, 0) is 22.5 Å². The van der Waals surface area contributed by atoms with Crippen LogP contribution in [-0.4, -0.2) is 50.8 Å². The first-order valence-corrected chi connectivity index (χ1v) is 8.85. The zero-order valence-electron chi connectivity index (χ0n) is 15.3. The predicted octanol–water partition coefficient (Wildman–Crippen LogP) is 2.01. The number of aryl methyl sites for hydroxylation is 1. The van der Waals surface area contributed by atoms with Crippen LogP contribution in [0.2, 0.25) is 0 Å². The number of rotatable bonds is 6. The molecule has 8 nitrogen and oxygen atoms in total. The molecule has 0 spiro atoms. The molecular weight excluding hydrogens is 346 g/mol. The summed E-state index contributed by atoms with van der Waals surface area (Å²) in [5.41, 5.74) is 1.69. The summed E-state index contributed by atoms with van der Waals surface area (Å²) in [7, 11) is 1.63. The number of carbonyl (C=O) groups is 1. The van der Waals surface area contributed by atoms with Gasteiger partial charge in [0.1, 0.15) is 17.5 Å². The third-order valence-electron chi connectivity index (χ3n) is 4.80. The van der Waals surface area contributed by atoms with Gasteiger partial charge in [0.2, 0.25) is 5.91 Å². The van der Waals surface area contributed by atoms with Crippen molar-refractivity contribution in [1.82, 2.24) is 24.6 Å². The molecule has 2 aromatic heterocycles. The normalized spacial score (nSPS) is 16.6. The van der Waals surface area contributed by atoms with Crippen molar-refractivity contribution in [3.63, 3.8) is 0 Å². The highest BCUT2D eigenvalue weighted by molar-refractivity contribution is 5.82. The van der Waals surface area contributed by atoms with Crippen LogP contribution >= 0.6 is 0 Å². The fourth-order valence-corrected chi connectivity index (χ4v) is 3.42. The van der Waals surface area contributed by atoms with Crippen LogP contribution in [0.1, 0.15) is 23.2 Å². The van der Waals surface area contributed by atoms with E-state index in [2.05, 4.69) is 15.2 Å². The van der Waals surface area contributed by atoms with E-state index in [1.165, 1.54) is 6.39 Å². The topological polar surface area (TPSA) is 86.3 Å². The van der Waals surface area contributed by atoms with Gasteiger partial charge >= 0.3 is 0 Å². The Morgan fingerprint density at radius 2 is 2.07 bits per heavy atom. The minimum absolute atomic E-state index is 0.0330. The summed E-state index contributed by atoms with van der Waals surface area (Å²) in [5, 5.41) is 8.66. The van der Waals surface area contributed by atoms with Gasteiger partial charge < -0.3 is 14.1 Å². The van der Waals surface area contributed by atoms with E-state index in [4.69, 9.17) is 9.15 Å². The molecular formula is C19H21N5O3. The van der Waals surface area contributed by atoms with E-state index in [-0.39, 0.29) is 5.91 Å². The standard InChI is InChI=1S/C19H21N5O3/c1-13-17(20-12-27-13)18-22-21-16-11-23(8-9-26-2)19(25)15(24(16)18)10-14-6-4-3-5-7-14/h3-7,12,15H,8-11H2,1-2H3/t15-/m1/s1. The van der Waals surface area contributed by atoms with Gasteiger partial charge in [0, 0.05) is 20.1 Å². The largest absolute Gasteiger partial charge is 0.448 e. The third kappa shape index (κ3) is 3.23. The lowest BCUT2D eigenvalue weighted by molar-refractivity contribution is -0.138. The number of benzene rings is 1. The van der Waals surface area contributed by atoms with Gasteiger partial charge in [0.25, 0.3) is 0 Å². The number of hydrogen-bond donors (Lipinski definition) is 0. The first kappa shape index (κ1) is 17.4. The SMILES string of the molecule is COCCN1Cc2nnc(-c3ncoc3C)n2[C@H](Cc2ccccc2)C1=O. The summed E-state index contributed by atoms with van der Waals surface area (Å²) in [6.45, 7) is 3.22. The number of oxazole rings is 1. The molecule has 1 aromatic carbocycles. The number of amides is 1. The van der Waals surface area contributed by atoms with Crippen LogP contribution in [0, 0.1) is 6.92 Å². The molecule has 8 heteroatoms. The molecule has 0 fully saturated rings. The van der Waals surface area contributed by atoms with Crippen molar-refractivity contribution in [2.75, 3.05) is 20.3 Å². The molecule has 1 aliphatic heterocycles. The molecule has 0 N–H and O–H groups in total. The zero-order valence-corrected chi connectivity index (χ0v) is 15.3. The van der Waals surface area contributed by atoms with E-state index < -0.39 is 6.04 Å². The van der Waals surface area contributed by atoms with Crippen molar-refractivity contribution in [2.24, 2.45) is 0 Å². The maximum absolute atomic E-state index is 13.3. The molecule has 0 unspecified atom stereocenters. The van der Waals surface area contributed by atoms with Gasteiger partial charge in [-0.05, 0) is 12.5 Å². The average Bonchev–Trinajstić information content (AvgIpc) is 3.29. The highest BCUT2D eigenvalue weighted by atomic mass is 16.5. The Balaban J connectivity index is 1.76. The Bertz CT molecular complexity index is 934. The van der Waals surface area contributed by atoms with Crippen LogP contribution in [0.4, 0.5) is 0 Å². The number of fused-ring (bicyclic) bond motifs is 1. The van der Waals surface area contributed by atoms with E-state index in [1.807, 2.05) is 41.8 Å². The van der Waals surface area contributed by atoms with Crippen molar-refractivity contribution in [1.29, 1.82) is 0 Å². The van der Waals surface area contributed by atoms with E-state index in [0.717, 1.165) is 11.4 Å². The smallest absolute Gasteiger partial charge is 0.246 e. The van der Waals surface area contributed by atoms with Crippen molar-refractivity contribution in [3.05, 3.63) is 53.9 Å². The maximum atomic E-state index is 13.3. The van der Waals surface area contributed by atoms with Crippen LogP contribution in [0.25, 0.3) is 11.5 Å². The number of methoxy groups -OCH3 is 1. The molecule has 0 saturated heterocycles. The van der Waals surface area contributed by atoms with Crippen LogP contribution in [0.15, 0.2) is 41.1 Å². The van der Waals surface area contributed by atoms with Crippen molar-refractivity contribution in [3.8, 4) is 11.5 Å². The number of nitrogens with zero attached hydrogens (tertiary/aromatic N) is 5. The van der Waals surface area contributed by atoms with Gasteiger partial charge in [-0.25, -0.2) is 4.98 Å². The highest BCUT2D eigenvalue weighted by Gasteiger charge is 2.37.